The van der Waals surface area contributed by atoms with E-state index in [4.69, 9.17) is 10.3 Å². The van der Waals surface area contributed by atoms with Gasteiger partial charge in [-0.05, 0) is 61.2 Å². The van der Waals surface area contributed by atoms with Gasteiger partial charge in [0.15, 0.2) is 0 Å². The number of pyridine rings is 1. The van der Waals surface area contributed by atoms with E-state index in [1.165, 1.54) is 18.6 Å². The maximum atomic E-state index is 13.3. The van der Waals surface area contributed by atoms with Crippen LogP contribution in [-0.4, -0.2) is 29.7 Å². The van der Waals surface area contributed by atoms with Crippen molar-refractivity contribution in [1.82, 2.24) is 4.98 Å². The first-order valence-electron chi connectivity index (χ1n) is 11.7. The molecule has 2 aliphatic heterocycles. The summed E-state index contributed by atoms with van der Waals surface area (Å²) in [6.07, 6.45) is 1.18. The molecule has 9 heteroatoms. The molecule has 0 atom stereocenters. The lowest BCUT2D eigenvalue weighted by atomic mass is 10.0. The van der Waals surface area contributed by atoms with E-state index in [-0.39, 0.29) is 11.3 Å². The first-order chi connectivity index (χ1) is 17.3. The number of hydrogen-bond donors (Lipinski definition) is 1. The second-order valence-corrected chi connectivity index (χ2v) is 8.83. The molecule has 182 valence electrons. The van der Waals surface area contributed by atoms with Crippen molar-refractivity contribution >= 4 is 28.8 Å². The number of carbonyl (C=O) groups is 1. The zero-order valence-electron chi connectivity index (χ0n) is 19.3. The van der Waals surface area contributed by atoms with Crippen molar-refractivity contribution < 1.29 is 18.0 Å². The van der Waals surface area contributed by atoms with Gasteiger partial charge in [0, 0.05) is 37.0 Å². The SMILES string of the molecule is N#Cc1ccc(NC(=O)c2cccc3c2N=C(c2ccc(N4CCCCC4)nc2)C3)cc1C(F)(F)F. The van der Waals surface area contributed by atoms with Crippen LogP contribution in [0.3, 0.4) is 0 Å². The highest BCUT2D eigenvalue weighted by Crippen LogP contribution is 2.35. The minimum absolute atomic E-state index is 0.0522. The number of benzene rings is 2. The van der Waals surface area contributed by atoms with Gasteiger partial charge in [-0.1, -0.05) is 12.1 Å². The van der Waals surface area contributed by atoms with E-state index in [0.29, 0.717) is 12.1 Å². The Kier molecular flexibility index (Phi) is 6.18. The number of aliphatic imine (C=N–C) groups is 1. The molecule has 1 saturated heterocycles. The van der Waals surface area contributed by atoms with Gasteiger partial charge in [-0.25, -0.2) is 4.98 Å². The zero-order chi connectivity index (χ0) is 25.3. The Morgan fingerprint density at radius 3 is 2.56 bits per heavy atom. The topological polar surface area (TPSA) is 81.4 Å². The first kappa shape index (κ1) is 23.5. The molecule has 1 aromatic heterocycles. The van der Waals surface area contributed by atoms with E-state index in [1.807, 2.05) is 18.2 Å². The van der Waals surface area contributed by atoms with Crippen molar-refractivity contribution in [3.8, 4) is 6.07 Å². The summed E-state index contributed by atoms with van der Waals surface area (Å²) in [5.74, 6) is 0.364. The lowest BCUT2D eigenvalue weighted by molar-refractivity contribution is -0.137. The van der Waals surface area contributed by atoms with Gasteiger partial charge >= 0.3 is 6.18 Å². The van der Waals surface area contributed by atoms with Crippen LogP contribution in [0.1, 0.15) is 51.9 Å². The third-order valence-electron chi connectivity index (χ3n) is 6.43. The van der Waals surface area contributed by atoms with Crippen molar-refractivity contribution in [2.24, 2.45) is 4.99 Å². The van der Waals surface area contributed by atoms with Gasteiger partial charge in [-0.2, -0.15) is 18.4 Å². The van der Waals surface area contributed by atoms with Crippen molar-refractivity contribution in [1.29, 1.82) is 5.26 Å². The number of hydrogen-bond acceptors (Lipinski definition) is 5. The van der Waals surface area contributed by atoms with Crippen molar-refractivity contribution in [2.45, 2.75) is 31.9 Å². The summed E-state index contributed by atoms with van der Waals surface area (Å²) in [6.45, 7) is 2.00. The van der Waals surface area contributed by atoms with Gasteiger partial charge in [0.25, 0.3) is 5.91 Å². The Labute approximate surface area is 206 Å². The Hall–Kier alpha value is -4.19. The predicted molar refractivity (Wildman–Crippen MR) is 131 cm³/mol. The predicted octanol–water partition coefficient (Wildman–Crippen LogP) is 5.89. The molecule has 36 heavy (non-hydrogen) atoms. The van der Waals surface area contributed by atoms with Crippen LogP contribution in [0, 0.1) is 11.3 Å². The molecular weight excluding hydrogens is 467 g/mol. The van der Waals surface area contributed by atoms with Crippen LogP contribution in [0.2, 0.25) is 0 Å². The average molecular weight is 490 g/mol. The number of carbonyl (C=O) groups excluding carboxylic acids is 1. The number of nitrogens with one attached hydrogen (secondary N) is 1. The second kappa shape index (κ2) is 9.46. The lowest BCUT2D eigenvalue weighted by Crippen LogP contribution is -2.30. The fraction of sp³-hybridized carbons (Fsp3) is 0.259. The maximum absolute atomic E-state index is 13.3. The van der Waals surface area contributed by atoms with Crippen LogP contribution in [-0.2, 0) is 12.6 Å². The number of nitrogens with zero attached hydrogens (tertiary/aromatic N) is 4. The Morgan fingerprint density at radius 2 is 1.86 bits per heavy atom. The van der Waals surface area contributed by atoms with E-state index in [2.05, 4.69) is 15.2 Å². The normalized spacial score (nSPS) is 15.2. The molecule has 0 spiro atoms. The first-order valence-corrected chi connectivity index (χ1v) is 11.7. The molecule has 0 saturated carbocycles. The van der Waals surface area contributed by atoms with Gasteiger partial charge in [0.2, 0.25) is 0 Å². The summed E-state index contributed by atoms with van der Waals surface area (Å²) < 4.78 is 39.9. The number of piperidine rings is 1. The summed E-state index contributed by atoms with van der Waals surface area (Å²) in [5, 5.41) is 11.5. The standard InChI is InChI=1S/C27H22F3N5O/c28-27(29,30)22-14-20(9-7-18(22)15-31)33-26(36)21-6-4-5-17-13-23(34-25(17)21)19-8-10-24(32-16-19)35-11-2-1-3-12-35/h4-10,14,16H,1-3,11-13H2,(H,33,36). The molecule has 0 unspecified atom stereocenters. The number of fused-ring (bicyclic) bond motifs is 1. The summed E-state index contributed by atoms with van der Waals surface area (Å²) in [6, 6.07) is 13.8. The number of nitriles is 1. The highest BCUT2D eigenvalue weighted by atomic mass is 19.4. The van der Waals surface area contributed by atoms with Gasteiger partial charge < -0.3 is 10.2 Å². The molecule has 3 aromatic rings. The zero-order valence-corrected chi connectivity index (χ0v) is 19.3. The van der Waals surface area contributed by atoms with Gasteiger partial charge in [-0.15, -0.1) is 0 Å². The molecule has 1 N–H and O–H groups in total. The van der Waals surface area contributed by atoms with E-state index >= 15 is 0 Å². The third-order valence-corrected chi connectivity index (χ3v) is 6.43. The van der Waals surface area contributed by atoms with Crippen LogP contribution >= 0.6 is 0 Å². The minimum atomic E-state index is -4.71. The summed E-state index contributed by atoms with van der Waals surface area (Å²) >= 11 is 0. The van der Waals surface area contributed by atoms with Crippen LogP contribution in [0.25, 0.3) is 0 Å². The molecule has 1 fully saturated rings. The van der Waals surface area contributed by atoms with Crippen LogP contribution in [0.15, 0.2) is 59.7 Å². The van der Waals surface area contributed by atoms with Gasteiger partial charge in [0.1, 0.15) is 5.82 Å². The second-order valence-electron chi connectivity index (χ2n) is 8.83. The number of para-hydroxylation sites is 1. The molecule has 6 nitrogen and oxygen atoms in total. The number of anilines is 2. The molecule has 3 heterocycles. The van der Waals surface area contributed by atoms with E-state index in [0.717, 1.165) is 60.7 Å². The summed E-state index contributed by atoms with van der Waals surface area (Å²) in [5.41, 5.74) is 1.60. The van der Waals surface area contributed by atoms with Crippen molar-refractivity contribution in [3.05, 3.63) is 82.5 Å². The highest BCUT2D eigenvalue weighted by Gasteiger charge is 2.34. The van der Waals surface area contributed by atoms with Gasteiger partial charge in [0.05, 0.1) is 34.2 Å². The molecule has 5 rings (SSSR count). The maximum Gasteiger partial charge on any atom is 0.417 e. The number of halogens is 3. The van der Waals surface area contributed by atoms with Crippen LogP contribution in [0.4, 0.5) is 30.4 Å². The third kappa shape index (κ3) is 4.67. The van der Waals surface area contributed by atoms with Crippen molar-refractivity contribution in [3.63, 3.8) is 0 Å². The molecule has 1 amide bonds. The van der Waals surface area contributed by atoms with Crippen LogP contribution in [0.5, 0.6) is 0 Å². The average Bonchev–Trinajstić information content (AvgIpc) is 3.33. The molecule has 2 aromatic carbocycles. The van der Waals surface area contributed by atoms with E-state index in [9.17, 15) is 18.0 Å². The highest BCUT2D eigenvalue weighted by molar-refractivity contribution is 6.13. The van der Waals surface area contributed by atoms with Gasteiger partial charge in [-0.3, -0.25) is 9.79 Å². The minimum Gasteiger partial charge on any atom is -0.357 e. The fourth-order valence-electron chi connectivity index (χ4n) is 4.59. The number of alkyl halides is 3. The molecule has 2 aliphatic rings. The molecule has 0 radical (unpaired) electrons. The smallest absolute Gasteiger partial charge is 0.357 e. The lowest BCUT2D eigenvalue weighted by Gasteiger charge is -2.27. The molecular formula is C27H22F3N5O. The van der Waals surface area contributed by atoms with Crippen LogP contribution < -0.4 is 10.2 Å². The quantitative estimate of drug-likeness (QED) is 0.495. The Balaban J connectivity index is 1.38. The number of aromatic nitrogens is 1. The monoisotopic (exact) mass is 489 g/mol. The summed E-state index contributed by atoms with van der Waals surface area (Å²) in [4.78, 5) is 24.6. The van der Waals surface area contributed by atoms with E-state index < -0.39 is 23.2 Å². The number of rotatable bonds is 4. The number of amides is 1. The Bertz CT molecular complexity index is 1380. The Morgan fingerprint density at radius 1 is 1.06 bits per heavy atom. The largest absolute Gasteiger partial charge is 0.417 e. The molecule has 0 bridgehead atoms. The molecule has 0 aliphatic carbocycles. The van der Waals surface area contributed by atoms with Crippen molar-refractivity contribution in [2.75, 3.05) is 23.3 Å². The summed E-state index contributed by atoms with van der Waals surface area (Å²) in [7, 11) is 0. The fourth-order valence-corrected chi connectivity index (χ4v) is 4.59. The van der Waals surface area contributed by atoms with E-state index in [1.54, 1.807) is 18.3 Å².